The zero-order valence-electron chi connectivity index (χ0n) is 9.41. The van der Waals surface area contributed by atoms with Crippen LogP contribution in [0.1, 0.15) is 31.7 Å². The Morgan fingerprint density at radius 2 is 2.25 bits per heavy atom. The summed E-state index contributed by atoms with van der Waals surface area (Å²) in [6.07, 6.45) is 3.68. The van der Waals surface area contributed by atoms with Crippen LogP contribution in [0.4, 0.5) is 5.69 Å². The van der Waals surface area contributed by atoms with Crippen LogP contribution >= 0.6 is 11.6 Å². The molecule has 0 bridgehead atoms. The summed E-state index contributed by atoms with van der Waals surface area (Å²) in [5.74, 6) is 0. The highest BCUT2D eigenvalue weighted by Gasteiger charge is 2.28. The highest BCUT2D eigenvalue weighted by atomic mass is 35.5. The lowest BCUT2D eigenvalue weighted by atomic mass is 10.2. The number of anilines is 1. The van der Waals surface area contributed by atoms with Gasteiger partial charge in [0.2, 0.25) is 0 Å². The van der Waals surface area contributed by atoms with Crippen LogP contribution in [0.3, 0.4) is 0 Å². The molecule has 0 N–H and O–H groups in total. The SMILES string of the molecule is CCCN(c1ccc(C#N)c(Cl)c1)C1CC1. The van der Waals surface area contributed by atoms with Gasteiger partial charge in [-0.05, 0) is 37.5 Å². The van der Waals surface area contributed by atoms with Crippen LogP contribution in [0.2, 0.25) is 5.02 Å². The predicted octanol–water partition coefficient (Wildman–Crippen LogP) is 3.59. The second-order valence-corrected chi connectivity index (χ2v) is 4.61. The van der Waals surface area contributed by atoms with E-state index in [-0.39, 0.29) is 0 Å². The van der Waals surface area contributed by atoms with Gasteiger partial charge in [0.25, 0.3) is 0 Å². The third-order valence-corrected chi connectivity index (χ3v) is 3.17. The number of nitriles is 1. The Morgan fingerprint density at radius 1 is 1.50 bits per heavy atom. The van der Waals surface area contributed by atoms with Crippen molar-refractivity contribution in [3.63, 3.8) is 0 Å². The van der Waals surface area contributed by atoms with E-state index < -0.39 is 0 Å². The van der Waals surface area contributed by atoms with Gasteiger partial charge in [-0.3, -0.25) is 0 Å². The van der Waals surface area contributed by atoms with Gasteiger partial charge in [-0.2, -0.15) is 5.26 Å². The van der Waals surface area contributed by atoms with Crippen molar-refractivity contribution in [1.29, 1.82) is 5.26 Å². The highest BCUT2D eigenvalue weighted by Crippen LogP contribution is 2.33. The summed E-state index contributed by atoms with van der Waals surface area (Å²) in [5.41, 5.74) is 1.70. The molecule has 2 nitrogen and oxygen atoms in total. The first kappa shape index (κ1) is 11.3. The molecule has 1 aromatic carbocycles. The summed E-state index contributed by atoms with van der Waals surface area (Å²) < 4.78 is 0. The predicted molar refractivity (Wildman–Crippen MR) is 66.8 cm³/mol. The molecule has 84 valence electrons. The standard InChI is InChI=1S/C13H15ClN2/c1-2-7-16(11-5-6-11)12-4-3-10(9-15)13(14)8-12/h3-4,8,11H,2,5-7H2,1H3. The van der Waals surface area contributed by atoms with Crippen molar-refractivity contribution in [2.45, 2.75) is 32.2 Å². The maximum absolute atomic E-state index is 8.82. The normalized spacial score (nSPS) is 14.6. The van der Waals surface area contributed by atoms with Crippen LogP contribution in [-0.4, -0.2) is 12.6 Å². The molecule has 3 heteroatoms. The van der Waals surface area contributed by atoms with Crippen LogP contribution in [-0.2, 0) is 0 Å². The van der Waals surface area contributed by atoms with Crippen molar-refractivity contribution in [1.82, 2.24) is 0 Å². The summed E-state index contributed by atoms with van der Waals surface area (Å²) in [6, 6.07) is 8.49. The van der Waals surface area contributed by atoms with E-state index in [9.17, 15) is 0 Å². The Morgan fingerprint density at radius 3 is 2.75 bits per heavy atom. The quantitative estimate of drug-likeness (QED) is 0.796. The fourth-order valence-electron chi connectivity index (χ4n) is 1.92. The molecular formula is C13H15ClN2. The molecule has 0 atom stereocenters. The van der Waals surface area contributed by atoms with Crippen molar-refractivity contribution in [3.8, 4) is 6.07 Å². The van der Waals surface area contributed by atoms with E-state index in [0.717, 1.165) is 18.7 Å². The van der Waals surface area contributed by atoms with Crippen molar-refractivity contribution >= 4 is 17.3 Å². The first-order valence-corrected chi connectivity index (χ1v) is 6.10. The van der Waals surface area contributed by atoms with Gasteiger partial charge in [-0.1, -0.05) is 18.5 Å². The topological polar surface area (TPSA) is 27.0 Å². The maximum atomic E-state index is 8.82. The summed E-state index contributed by atoms with van der Waals surface area (Å²) in [7, 11) is 0. The van der Waals surface area contributed by atoms with Gasteiger partial charge in [-0.25, -0.2) is 0 Å². The van der Waals surface area contributed by atoms with Crippen LogP contribution < -0.4 is 4.90 Å². The average Bonchev–Trinajstić information content (AvgIpc) is 3.09. The fourth-order valence-corrected chi connectivity index (χ4v) is 2.14. The monoisotopic (exact) mass is 234 g/mol. The molecule has 0 spiro atoms. The van der Waals surface area contributed by atoms with E-state index in [0.29, 0.717) is 16.6 Å². The molecule has 16 heavy (non-hydrogen) atoms. The minimum atomic E-state index is 0.553. The van der Waals surface area contributed by atoms with E-state index in [1.54, 1.807) is 0 Å². The zero-order valence-corrected chi connectivity index (χ0v) is 10.2. The number of rotatable bonds is 4. The van der Waals surface area contributed by atoms with Crippen molar-refractivity contribution in [2.75, 3.05) is 11.4 Å². The molecule has 1 aliphatic carbocycles. The number of halogens is 1. The zero-order chi connectivity index (χ0) is 11.5. The van der Waals surface area contributed by atoms with Gasteiger partial charge in [0.15, 0.2) is 0 Å². The minimum absolute atomic E-state index is 0.553. The third-order valence-electron chi connectivity index (χ3n) is 2.86. The van der Waals surface area contributed by atoms with Crippen molar-refractivity contribution in [2.24, 2.45) is 0 Å². The minimum Gasteiger partial charge on any atom is -0.369 e. The molecule has 0 aliphatic heterocycles. The van der Waals surface area contributed by atoms with Gasteiger partial charge in [0, 0.05) is 18.3 Å². The molecule has 0 saturated heterocycles. The molecule has 0 aromatic heterocycles. The number of hydrogen-bond acceptors (Lipinski definition) is 2. The van der Waals surface area contributed by atoms with Crippen molar-refractivity contribution < 1.29 is 0 Å². The first-order valence-electron chi connectivity index (χ1n) is 5.72. The maximum Gasteiger partial charge on any atom is 0.101 e. The Balaban J connectivity index is 2.24. The second kappa shape index (κ2) is 4.76. The van der Waals surface area contributed by atoms with Crippen LogP contribution in [0.15, 0.2) is 18.2 Å². The van der Waals surface area contributed by atoms with Gasteiger partial charge >= 0.3 is 0 Å². The molecule has 0 radical (unpaired) electrons. The third kappa shape index (κ3) is 2.31. The lowest BCUT2D eigenvalue weighted by molar-refractivity contribution is 0.763. The lowest BCUT2D eigenvalue weighted by Gasteiger charge is -2.24. The molecular weight excluding hydrogens is 220 g/mol. The molecule has 2 rings (SSSR count). The Bertz CT molecular complexity index is 418. The summed E-state index contributed by atoms with van der Waals surface area (Å²) in [6.45, 7) is 3.24. The Labute approximate surface area is 101 Å². The summed E-state index contributed by atoms with van der Waals surface area (Å²) in [5, 5.41) is 9.38. The number of nitrogens with zero attached hydrogens (tertiary/aromatic N) is 2. The van der Waals surface area contributed by atoms with Gasteiger partial charge in [0.05, 0.1) is 10.6 Å². The van der Waals surface area contributed by atoms with Crippen molar-refractivity contribution in [3.05, 3.63) is 28.8 Å². The van der Waals surface area contributed by atoms with E-state index in [4.69, 9.17) is 16.9 Å². The van der Waals surface area contributed by atoms with Crippen LogP contribution in [0.5, 0.6) is 0 Å². The second-order valence-electron chi connectivity index (χ2n) is 4.20. The summed E-state index contributed by atoms with van der Waals surface area (Å²) in [4.78, 5) is 2.40. The average molecular weight is 235 g/mol. The molecule has 0 unspecified atom stereocenters. The molecule has 1 aromatic rings. The highest BCUT2D eigenvalue weighted by molar-refractivity contribution is 6.32. The van der Waals surface area contributed by atoms with E-state index >= 15 is 0 Å². The summed E-state index contributed by atoms with van der Waals surface area (Å²) >= 11 is 6.05. The molecule has 1 fully saturated rings. The Kier molecular flexibility index (Phi) is 3.36. The van der Waals surface area contributed by atoms with E-state index in [1.165, 1.54) is 12.8 Å². The number of benzene rings is 1. The number of hydrogen-bond donors (Lipinski definition) is 0. The van der Waals surface area contributed by atoms with Crippen LogP contribution in [0.25, 0.3) is 0 Å². The largest absolute Gasteiger partial charge is 0.369 e. The lowest BCUT2D eigenvalue weighted by Crippen LogP contribution is -2.26. The van der Waals surface area contributed by atoms with Crippen LogP contribution in [0, 0.1) is 11.3 Å². The molecule has 0 amide bonds. The molecule has 1 saturated carbocycles. The van der Waals surface area contributed by atoms with E-state index in [1.807, 2.05) is 18.2 Å². The van der Waals surface area contributed by atoms with E-state index in [2.05, 4.69) is 17.9 Å². The first-order chi connectivity index (χ1) is 7.76. The van der Waals surface area contributed by atoms with Gasteiger partial charge in [-0.15, -0.1) is 0 Å². The van der Waals surface area contributed by atoms with Gasteiger partial charge < -0.3 is 4.90 Å². The Hall–Kier alpha value is -1.20. The fraction of sp³-hybridized carbons (Fsp3) is 0.462. The molecule has 0 heterocycles. The smallest absolute Gasteiger partial charge is 0.101 e. The van der Waals surface area contributed by atoms with Gasteiger partial charge in [0.1, 0.15) is 6.07 Å². The molecule has 1 aliphatic rings.